The van der Waals surface area contributed by atoms with Gasteiger partial charge in [0.15, 0.2) is 16.4 Å². The Kier molecular flexibility index (Phi) is 5.51. The molecule has 1 amide bonds. The highest BCUT2D eigenvalue weighted by Crippen LogP contribution is 2.25. The van der Waals surface area contributed by atoms with Crippen molar-refractivity contribution >= 4 is 33.0 Å². The summed E-state index contributed by atoms with van der Waals surface area (Å²) in [5, 5.41) is 2.82. The number of halogens is 1. The SMILES string of the molecule is Cc1cccc(OCC(=O)Nc2cc(S(C)(=O)=O)ccc2Cl)c1C. The Hall–Kier alpha value is -2.05. The lowest BCUT2D eigenvalue weighted by molar-refractivity contribution is -0.118. The molecule has 0 heterocycles. The summed E-state index contributed by atoms with van der Waals surface area (Å²) >= 11 is 6.00. The Morgan fingerprint density at radius 1 is 1.21 bits per heavy atom. The number of amides is 1. The molecule has 7 heteroatoms. The monoisotopic (exact) mass is 367 g/mol. The van der Waals surface area contributed by atoms with Crippen LogP contribution in [0.25, 0.3) is 0 Å². The first-order chi connectivity index (χ1) is 11.2. The third-order valence-electron chi connectivity index (χ3n) is 3.55. The molecular weight excluding hydrogens is 350 g/mol. The smallest absolute Gasteiger partial charge is 0.262 e. The maximum absolute atomic E-state index is 12.1. The van der Waals surface area contributed by atoms with Crippen molar-refractivity contribution in [2.75, 3.05) is 18.2 Å². The third-order valence-corrected chi connectivity index (χ3v) is 4.99. The molecule has 0 aliphatic heterocycles. The van der Waals surface area contributed by atoms with Gasteiger partial charge in [0.25, 0.3) is 5.91 Å². The fraction of sp³-hybridized carbons (Fsp3) is 0.235. The first kappa shape index (κ1) is 18.3. The minimum Gasteiger partial charge on any atom is -0.483 e. The highest BCUT2D eigenvalue weighted by Gasteiger charge is 2.13. The zero-order valence-corrected chi connectivity index (χ0v) is 15.2. The number of ether oxygens (including phenoxy) is 1. The van der Waals surface area contributed by atoms with Gasteiger partial charge in [-0.05, 0) is 49.2 Å². The molecule has 128 valence electrons. The molecule has 0 aliphatic carbocycles. The second-order valence-electron chi connectivity index (χ2n) is 5.45. The van der Waals surface area contributed by atoms with Crippen molar-refractivity contribution in [3.05, 3.63) is 52.5 Å². The summed E-state index contributed by atoms with van der Waals surface area (Å²) in [7, 11) is -3.38. The number of nitrogens with one attached hydrogen (secondary N) is 1. The molecule has 0 fully saturated rings. The molecule has 0 aliphatic rings. The molecule has 0 atom stereocenters. The van der Waals surface area contributed by atoms with E-state index in [1.807, 2.05) is 26.0 Å². The second-order valence-corrected chi connectivity index (χ2v) is 7.87. The summed E-state index contributed by atoms with van der Waals surface area (Å²) < 4.78 is 28.7. The molecule has 2 aromatic rings. The number of hydrogen-bond acceptors (Lipinski definition) is 4. The van der Waals surface area contributed by atoms with Crippen LogP contribution in [-0.2, 0) is 14.6 Å². The van der Waals surface area contributed by atoms with E-state index in [4.69, 9.17) is 16.3 Å². The average Bonchev–Trinajstić information content (AvgIpc) is 2.50. The molecular formula is C17H18ClNO4S. The van der Waals surface area contributed by atoms with Gasteiger partial charge in [-0.15, -0.1) is 0 Å². The van der Waals surface area contributed by atoms with Crippen LogP contribution in [0.1, 0.15) is 11.1 Å². The average molecular weight is 368 g/mol. The van der Waals surface area contributed by atoms with Gasteiger partial charge in [0, 0.05) is 6.26 Å². The summed E-state index contributed by atoms with van der Waals surface area (Å²) in [6.45, 7) is 3.66. The van der Waals surface area contributed by atoms with E-state index in [-0.39, 0.29) is 22.2 Å². The molecule has 0 radical (unpaired) electrons. The van der Waals surface area contributed by atoms with E-state index in [2.05, 4.69) is 5.32 Å². The van der Waals surface area contributed by atoms with E-state index in [9.17, 15) is 13.2 Å². The minimum absolute atomic E-state index is 0.0812. The molecule has 0 saturated carbocycles. The zero-order chi connectivity index (χ0) is 17.9. The topological polar surface area (TPSA) is 72.5 Å². The third kappa shape index (κ3) is 4.49. The quantitative estimate of drug-likeness (QED) is 0.879. The molecule has 0 aromatic heterocycles. The molecule has 0 unspecified atom stereocenters. The molecule has 0 spiro atoms. The van der Waals surface area contributed by atoms with Gasteiger partial charge in [-0.1, -0.05) is 23.7 Å². The van der Waals surface area contributed by atoms with Crippen molar-refractivity contribution in [2.45, 2.75) is 18.7 Å². The summed E-state index contributed by atoms with van der Waals surface area (Å²) in [4.78, 5) is 12.1. The van der Waals surface area contributed by atoms with E-state index < -0.39 is 15.7 Å². The number of rotatable bonds is 5. The van der Waals surface area contributed by atoms with Crippen molar-refractivity contribution in [2.24, 2.45) is 0 Å². The van der Waals surface area contributed by atoms with Gasteiger partial charge in [0.05, 0.1) is 15.6 Å². The Morgan fingerprint density at radius 3 is 2.58 bits per heavy atom. The van der Waals surface area contributed by atoms with Crippen LogP contribution in [0, 0.1) is 13.8 Å². The van der Waals surface area contributed by atoms with Gasteiger partial charge in [-0.3, -0.25) is 4.79 Å². The Balaban J connectivity index is 2.09. The van der Waals surface area contributed by atoms with Crippen molar-refractivity contribution < 1.29 is 17.9 Å². The fourth-order valence-corrected chi connectivity index (χ4v) is 2.85. The molecule has 24 heavy (non-hydrogen) atoms. The van der Waals surface area contributed by atoms with Gasteiger partial charge in [0.1, 0.15) is 5.75 Å². The van der Waals surface area contributed by atoms with E-state index in [1.165, 1.54) is 18.2 Å². The number of hydrogen-bond donors (Lipinski definition) is 1. The highest BCUT2D eigenvalue weighted by molar-refractivity contribution is 7.90. The molecule has 2 rings (SSSR count). The number of aryl methyl sites for hydroxylation is 1. The van der Waals surface area contributed by atoms with Crippen LogP contribution < -0.4 is 10.1 Å². The van der Waals surface area contributed by atoms with Crippen LogP contribution in [0.4, 0.5) is 5.69 Å². The van der Waals surface area contributed by atoms with E-state index >= 15 is 0 Å². The van der Waals surface area contributed by atoms with Gasteiger partial charge < -0.3 is 10.1 Å². The lowest BCUT2D eigenvalue weighted by Crippen LogP contribution is -2.20. The largest absolute Gasteiger partial charge is 0.483 e. The first-order valence-corrected chi connectivity index (χ1v) is 9.44. The van der Waals surface area contributed by atoms with Gasteiger partial charge in [0.2, 0.25) is 0 Å². The number of sulfone groups is 1. The number of anilines is 1. The van der Waals surface area contributed by atoms with Crippen LogP contribution in [0.5, 0.6) is 5.75 Å². The van der Waals surface area contributed by atoms with Crippen LogP contribution in [0.3, 0.4) is 0 Å². The second kappa shape index (κ2) is 7.23. The highest BCUT2D eigenvalue weighted by atomic mass is 35.5. The number of carbonyl (C=O) groups is 1. The predicted molar refractivity (Wildman–Crippen MR) is 94.6 cm³/mol. The van der Waals surface area contributed by atoms with Crippen molar-refractivity contribution in [1.29, 1.82) is 0 Å². The summed E-state index contributed by atoms with van der Waals surface area (Å²) in [5.74, 6) is 0.199. The normalized spacial score (nSPS) is 11.2. The standard InChI is InChI=1S/C17H18ClNO4S/c1-11-5-4-6-16(12(11)2)23-10-17(20)19-15-9-13(24(3,21)22)7-8-14(15)18/h4-9H,10H2,1-3H3,(H,19,20). The van der Waals surface area contributed by atoms with E-state index in [1.54, 1.807) is 6.07 Å². The molecule has 0 bridgehead atoms. The van der Waals surface area contributed by atoms with Crippen LogP contribution >= 0.6 is 11.6 Å². The Morgan fingerprint density at radius 2 is 1.92 bits per heavy atom. The molecule has 5 nitrogen and oxygen atoms in total. The van der Waals surface area contributed by atoms with Gasteiger partial charge in [-0.25, -0.2) is 8.42 Å². The Bertz CT molecular complexity index is 878. The lowest BCUT2D eigenvalue weighted by Gasteiger charge is -2.12. The van der Waals surface area contributed by atoms with E-state index in [0.717, 1.165) is 17.4 Å². The van der Waals surface area contributed by atoms with Gasteiger partial charge in [-0.2, -0.15) is 0 Å². The summed E-state index contributed by atoms with van der Waals surface area (Å²) in [5.41, 5.74) is 2.26. The minimum atomic E-state index is -3.38. The Labute approximate surface area is 146 Å². The molecule has 1 N–H and O–H groups in total. The molecule has 2 aromatic carbocycles. The number of benzene rings is 2. The van der Waals surface area contributed by atoms with Gasteiger partial charge >= 0.3 is 0 Å². The fourth-order valence-electron chi connectivity index (χ4n) is 2.04. The molecule has 0 saturated heterocycles. The van der Waals surface area contributed by atoms with Crippen molar-refractivity contribution in [1.82, 2.24) is 0 Å². The lowest BCUT2D eigenvalue weighted by atomic mass is 10.1. The number of carbonyl (C=O) groups excluding carboxylic acids is 1. The van der Waals surface area contributed by atoms with E-state index in [0.29, 0.717) is 5.75 Å². The predicted octanol–water partition coefficient (Wildman–Crippen LogP) is 3.38. The zero-order valence-electron chi connectivity index (χ0n) is 13.6. The van der Waals surface area contributed by atoms with Crippen LogP contribution in [0.15, 0.2) is 41.3 Å². The van der Waals surface area contributed by atoms with Crippen molar-refractivity contribution in [3.8, 4) is 5.75 Å². The van der Waals surface area contributed by atoms with Crippen LogP contribution in [0.2, 0.25) is 5.02 Å². The first-order valence-electron chi connectivity index (χ1n) is 7.17. The van der Waals surface area contributed by atoms with Crippen LogP contribution in [-0.4, -0.2) is 27.2 Å². The summed E-state index contributed by atoms with van der Waals surface area (Å²) in [6.07, 6.45) is 1.09. The maximum atomic E-state index is 12.1. The van der Waals surface area contributed by atoms with Crippen molar-refractivity contribution in [3.63, 3.8) is 0 Å². The summed E-state index contributed by atoms with van der Waals surface area (Å²) in [6, 6.07) is 9.74. The maximum Gasteiger partial charge on any atom is 0.262 e.